The van der Waals surface area contributed by atoms with Crippen LogP contribution in [0.25, 0.3) is 10.9 Å². The number of benzene rings is 2. The average Bonchev–Trinajstić information content (AvgIpc) is 2.60. The monoisotopic (exact) mass is 321 g/mol. The first-order valence-electron chi connectivity index (χ1n) is 7.86. The van der Waals surface area contributed by atoms with Crippen LogP contribution in [0.3, 0.4) is 0 Å². The maximum absolute atomic E-state index is 12.1. The van der Waals surface area contributed by atoms with Gasteiger partial charge in [-0.2, -0.15) is 0 Å². The molecule has 0 saturated heterocycles. The largest absolute Gasteiger partial charge is 0.467 e. The Morgan fingerprint density at radius 1 is 1.08 bits per heavy atom. The van der Waals surface area contributed by atoms with Gasteiger partial charge in [0.1, 0.15) is 6.33 Å². The van der Waals surface area contributed by atoms with Gasteiger partial charge in [-0.1, -0.05) is 38.1 Å². The molecule has 1 amide bonds. The summed E-state index contributed by atoms with van der Waals surface area (Å²) in [6.07, 6.45) is 1.43. The molecule has 0 saturated carbocycles. The van der Waals surface area contributed by atoms with Gasteiger partial charge < -0.3 is 10.1 Å². The molecule has 0 aliphatic heterocycles. The molecule has 3 rings (SSSR count). The van der Waals surface area contributed by atoms with Crippen LogP contribution in [-0.4, -0.2) is 22.5 Å². The first-order chi connectivity index (χ1) is 11.6. The zero-order chi connectivity index (χ0) is 16.9. The summed E-state index contributed by atoms with van der Waals surface area (Å²) in [5.41, 5.74) is 2.77. The third kappa shape index (κ3) is 3.68. The highest BCUT2D eigenvalue weighted by molar-refractivity contribution is 5.92. The van der Waals surface area contributed by atoms with E-state index in [-0.39, 0.29) is 12.5 Å². The number of amides is 1. The number of ether oxygens (including phenoxy) is 1. The molecule has 1 aromatic heterocycles. The molecule has 5 heteroatoms. The fourth-order valence-corrected chi connectivity index (χ4v) is 2.38. The van der Waals surface area contributed by atoms with Gasteiger partial charge in [-0.25, -0.2) is 9.97 Å². The smallest absolute Gasteiger partial charge is 0.262 e. The molecule has 122 valence electrons. The minimum absolute atomic E-state index is 0.104. The number of rotatable bonds is 5. The van der Waals surface area contributed by atoms with Crippen molar-refractivity contribution in [2.24, 2.45) is 0 Å². The van der Waals surface area contributed by atoms with E-state index < -0.39 is 0 Å². The minimum atomic E-state index is -0.227. The van der Waals surface area contributed by atoms with Crippen molar-refractivity contribution in [3.63, 3.8) is 0 Å². The second-order valence-corrected chi connectivity index (χ2v) is 5.81. The van der Waals surface area contributed by atoms with Gasteiger partial charge in [0.2, 0.25) is 5.88 Å². The first-order valence-corrected chi connectivity index (χ1v) is 7.86. The number of fused-ring (bicyclic) bond motifs is 1. The molecule has 0 spiro atoms. The summed E-state index contributed by atoms with van der Waals surface area (Å²) >= 11 is 0. The van der Waals surface area contributed by atoms with Crippen molar-refractivity contribution in [3.05, 3.63) is 60.4 Å². The van der Waals surface area contributed by atoms with Crippen LogP contribution >= 0.6 is 0 Å². The van der Waals surface area contributed by atoms with E-state index in [9.17, 15) is 4.79 Å². The van der Waals surface area contributed by atoms with E-state index in [1.807, 2.05) is 48.5 Å². The molecule has 0 aliphatic rings. The Hall–Kier alpha value is -2.95. The molecule has 24 heavy (non-hydrogen) atoms. The van der Waals surface area contributed by atoms with Crippen molar-refractivity contribution in [3.8, 4) is 5.88 Å². The van der Waals surface area contributed by atoms with Crippen molar-refractivity contribution < 1.29 is 9.53 Å². The predicted molar refractivity (Wildman–Crippen MR) is 94.2 cm³/mol. The highest BCUT2D eigenvalue weighted by Crippen LogP contribution is 2.20. The molecule has 0 aliphatic carbocycles. The van der Waals surface area contributed by atoms with Crippen LogP contribution in [0.1, 0.15) is 25.3 Å². The normalized spacial score (nSPS) is 10.8. The molecule has 1 heterocycles. The molecule has 2 aromatic carbocycles. The third-order valence-corrected chi connectivity index (χ3v) is 3.71. The Morgan fingerprint density at radius 3 is 2.58 bits per heavy atom. The van der Waals surface area contributed by atoms with E-state index in [4.69, 9.17) is 4.74 Å². The van der Waals surface area contributed by atoms with Gasteiger partial charge in [0.05, 0.1) is 10.9 Å². The molecule has 3 aromatic rings. The van der Waals surface area contributed by atoms with Crippen molar-refractivity contribution in [1.82, 2.24) is 9.97 Å². The van der Waals surface area contributed by atoms with Gasteiger partial charge in [0, 0.05) is 5.69 Å². The molecular formula is C19H19N3O2. The van der Waals surface area contributed by atoms with Crippen LogP contribution in [0.15, 0.2) is 54.9 Å². The van der Waals surface area contributed by atoms with Crippen LogP contribution < -0.4 is 10.1 Å². The number of carbonyl (C=O) groups excluding carboxylic acids is 1. The fraction of sp³-hybridized carbons (Fsp3) is 0.211. The number of aromatic nitrogens is 2. The molecule has 1 N–H and O–H groups in total. The zero-order valence-electron chi connectivity index (χ0n) is 13.7. The maximum Gasteiger partial charge on any atom is 0.262 e. The average molecular weight is 321 g/mol. The molecule has 0 bridgehead atoms. The molecule has 0 atom stereocenters. The first kappa shape index (κ1) is 15.9. The van der Waals surface area contributed by atoms with Crippen LogP contribution in [0.5, 0.6) is 5.88 Å². The van der Waals surface area contributed by atoms with Crippen LogP contribution in [0, 0.1) is 0 Å². The Kier molecular flexibility index (Phi) is 4.70. The second-order valence-electron chi connectivity index (χ2n) is 5.81. The zero-order valence-corrected chi connectivity index (χ0v) is 13.7. The number of anilines is 1. The molecule has 0 fully saturated rings. The third-order valence-electron chi connectivity index (χ3n) is 3.71. The quantitative estimate of drug-likeness (QED) is 0.777. The SMILES string of the molecule is CC(C)c1ccc(NC(=O)COc2ncnc3ccccc23)cc1. The van der Waals surface area contributed by atoms with Crippen LogP contribution in [0.2, 0.25) is 0 Å². The number of carbonyl (C=O) groups is 1. The lowest BCUT2D eigenvalue weighted by atomic mass is 10.0. The van der Waals surface area contributed by atoms with Crippen molar-refractivity contribution in [1.29, 1.82) is 0 Å². The Balaban J connectivity index is 1.63. The standard InChI is InChI=1S/C19H19N3O2/c1-13(2)14-7-9-15(10-8-14)22-18(23)11-24-19-16-5-3-4-6-17(16)20-12-21-19/h3-10,12-13H,11H2,1-2H3,(H,22,23). The summed E-state index contributed by atoms with van der Waals surface area (Å²) < 4.78 is 5.55. The van der Waals surface area contributed by atoms with Crippen LogP contribution in [-0.2, 0) is 4.79 Å². The second kappa shape index (κ2) is 7.08. The Bertz CT molecular complexity index is 839. The van der Waals surface area contributed by atoms with Crippen LogP contribution in [0.4, 0.5) is 5.69 Å². The maximum atomic E-state index is 12.1. The summed E-state index contributed by atoms with van der Waals surface area (Å²) in [6, 6.07) is 15.3. The molecule has 0 unspecified atom stereocenters. The minimum Gasteiger partial charge on any atom is -0.467 e. The van der Waals surface area contributed by atoms with Gasteiger partial charge >= 0.3 is 0 Å². The Labute approximate surface area is 140 Å². The summed E-state index contributed by atoms with van der Waals surface area (Å²) in [4.78, 5) is 20.3. The van der Waals surface area contributed by atoms with Gasteiger partial charge in [-0.05, 0) is 35.7 Å². The highest BCUT2D eigenvalue weighted by atomic mass is 16.5. The van der Waals surface area contributed by atoms with E-state index in [2.05, 4.69) is 29.1 Å². The van der Waals surface area contributed by atoms with E-state index in [1.165, 1.54) is 11.9 Å². The van der Waals surface area contributed by atoms with Gasteiger partial charge in [-0.15, -0.1) is 0 Å². The lowest BCUT2D eigenvalue weighted by molar-refractivity contribution is -0.118. The number of hydrogen-bond acceptors (Lipinski definition) is 4. The van der Waals surface area contributed by atoms with Crippen molar-refractivity contribution in [2.75, 3.05) is 11.9 Å². The van der Waals surface area contributed by atoms with E-state index in [1.54, 1.807) is 0 Å². The van der Waals surface area contributed by atoms with E-state index in [0.29, 0.717) is 11.8 Å². The molecule has 0 radical (unpaired) electrons. The highest BCUT2D eigenvalue weighted by Gasteiger charge is 2.08. The number of nitrogens with zero attached hydrogens (tertiary/aromatic N) is 2. The summed E-state index contributed by atoms with van der Waals surface area (Å²) in [6.45, 7) is 4.16. The molecular weight excluding hydrogens is 302 g/mol. The predicted octanol–water partition coefficient (Wildman–Crippen LogP) is 3.77. The summed E-state index contributed by atoms with van der Waals surface area (Å²) in [5, 5.41) is 3.61. The number of hydrogen-bond donors (Lipinski definition) is 1. The fourth-order valence-electron chi connectivity index (χ4n) is 2.38. The lowest BCUT2D eigenvalue weighted by Crippen LogP contribution is -2.20. The van der Waals surface area contributed by atoms with Gasteiger partial charge in [-0.3, -0.25) is 4.79 Å². The topological polar surface area (TPSA) is 64.1 Å². The van der Waals surface area contributed by atoms with Crippen molar-refractivity contribution >= 4 is 22.5 Å². The number of para-hydroxylation sites is 1. The Morgan fingerprint density at radius 2 is 1.83 bits per heavy atom. The molecule has 5 nitrogen and oxygen atoms in total. The van der Waals surface area contributed by atoms with Gasteiger partial charge in [0.25, 0.3) is 5.91 Å². The summed E-state index contributed by atoms with van der Waals surface area (Å²) in [7, 11) is 0. The van der Waals surface area contributed by atoms with Gasteiger partial charge in [0.15, 0.2) is 6.61 Å². The van der Waals surface area contributed by atoms with Crippen molar-refractivity contribution in [2.45, 2.75) is 19.8 Å². The lowest BCUT2D eigenvalue weighted by Gasteiger charge is -2.10. The van der Waals surface area contributed by atoms with E-state index in [0.717, 1.165) is 16.6 Å². The summed E-state index contributed by atoms with van der Waals surface area (Å²) in [5.74, 6) is 0.644. The number of nitrogens with one attached hydrogen (secondary N) is 1. The van der Waals surface area contributed by atoms with E-state index >= 15 is 0 Å².